The van der Waals surface area contributed by atoms with Crippen LogP contribution in [0.25, 0.3) is 0 Å². The van der Waals surface area contributed by atoms with Gasteiger partial charge in [0.15, 0.2) is 0 Å². The number of nitrogens with one attached hydrogen (secondary N) is 1. The summed E-state index contributed by atoms with van der Waals surface area (Å²) >= 11 is 0. The average molecular weight is 367 g/mol. The molecule has 0 bridgehead atoms. The summed E-state index contributed by atoms with van der Waals surface area (Å²) in [6.07, 6.45) is 3.02. The number of carbonyl (C=O) groups excluding carboxylic acids is 2. The maximum absolute atomic E-state index is 13.0. The highest BCUT2D eigenvalue weighted by molar-refractivity contribution is 5.80. The summed E-state index contributed by atoms with van der Waals surface area (Å²) in [4.78, 5) is 29.1. The molecule has 2 aliphatic heterocycles. The van der Waals surface area contributed by atoms with Crippen LogP contribution in [-0.4, -0.2) is 79.4 Å². The van der Waals surface area contributed by atoms with E-state index in [2.05, 4.69) is 5.32 Å². The molecule has 0 spiro atoms. The zero-order valence-electron chi connectivity index (χ0n) is 16.3. The largest absolute Gasteiger partial charge is 0.444 e. The summed E-state index contributed by atoms with van der Waals surface area (Å²) in [6, 6.07) is 0.145. The van der Waals surface area contributed by atoms with Crippen molar-refractivity contribution in [1.29, 1.82) is 0 Å². The van der Waals surface area contributed by atoms with Gasteiger partial charge in [0.25, 0.3) is 0 Å². The molecule has 3 rings (SSSR count). The minimum Gasteiger partial charge on any atom is -0.444 e. The lowest BCUT2D eigenvalue weighted by Gasteiger charge is -2.40. The molecular formula is C19H33N3O4. The van der Waals surface area contributed by atoms with Gasteiger partial charge >= 0.3 is 6.09 Å². The van der Waals surface area contributed by atoms with Gasteiger partial charge in [-0.25, -0.2) is 4.79 Å². The zero-order valence-corrected chi connectivity index (χ0v) is 16.3. The number of hydrogen-bond acceptors (Lipinski definition) is 5. The SMILES string of the molecule is CC(C)(C)OC(=O)N1C[C@@H](NCC2CC2)C[C@@H](C(=O)N2CCOCC2)C1. The Morgan fingerprint density at radius 3 is 2.42 bits per heavy atom. The van der Waals surface area contributed by atoms with E-state index in [1.807, 2.05) is 25.7 Å². The van der Waals surface area contributed by atoms with Crippen LogP contribution in [0.2, 0.25) is 0 Å². The summed E-state index contributed by atoms with van der Waals surface area (Å²) < 4.78 is 10.9. The topological polar surface area (TPSA) is 71.1 Å². The van der Waals surface area contributed by atoms with Gasteiger partial charge in [0.1, 0.15) is 5.60 Å². The molecule has 1 N–H and O–H groups in total. The Labute approximate surface area is 156 Å². The molecule has 2 saturated heterocycles. The van der Waals surface area contributed by atoms with Gasteiger partial charge in [0, 0.05) is 32.2 Å². The van der Waals surface area contributed by atoms with E-state index in [1.165, 1.54) is 12.8 Å². The smallest absolute Gasteiger partial charge is 0.410 e. The number of hydrogen-bond donors (Lipinski definition) is 1. The number of amides is 2. The van der Waals surface area contributed by atoms with Crippen LogP contribution in [-0.2, 0) is 14.3 Å². The Bertz CT molecular complexity index is 509. The molecular weight excluding hydrogens is 334 g/mol. The van der Waals surface area contributed by atoms with Gasteiger partial charge in [-0.05, 0) is 52.5 Å². The maximum Gasteiger partial charge on any atom is 0.410 e. The Morgan fingerprint density at radius 1 is 1.12 bits per heavy atom. The van der Waals surface area contributed by atoms with Gasteiger partial charge in [-0.3, -0.25) is 4.79 Å². The van der Waals surface area contributed by atoms with Crippen LogP contribution >= 0.6 is 0 Å². The fraction of sp³-hybridized carbons (Fsp3) is 0.895. The Balaban J connectivity index is 1.64. The van der Waals surface area contributed by atoms with Gasteiger partial charge in [-0.2, -0.15) is 0 Å². The molecule has 0 aromatic carbocycles. The van der Waals surface area contributed by atoms with Crippen molar-refractivity contribution in [2.45, 2.75) is 51.7 Å². The summed E-state index contributed by atoms with van der Waals surface area (Å²) in [7, 11) is 0. The predicted molar refractivity (Wildman–Crippen MR) is 97.8 cm³/mol. The van der Waals surface area contributed by atoms with Gasteiger partial charge < -0.3 is 24.6 Å². The quantitative estimate of drug-likeness (QED) is 0.815. The van der Waals surface area contributed by atoms with Crippen molar-refractivity contribution in [3.8, 4) is 0 Å². The Hall–Kier alpha value is -1.34. The molecule has 0 radical (unpaired) electrons. The van der Waals surface area contributed by atoms with Crippen LogP contribution in [0.1, 0.15) is 40.0 Å². The molecule has 0 aromatic rings. The van der Waals surface area contributed by atoms with E-state index in [0.717, 1.165) is 18.9 Å². The average Bonchev–Trinajstić information content (AvgIpc) is 3.43. The van der Waals surface area contributed by atoms with Crippen molar-refractivity contribution >= 4 is 12.0 Å². The minimum absolute atomic E-state index is 0.139. The van der Waals surface area contributed by atoms with Crippen LogP contribution in [0.3, 0.4) is 0 Å². The first kappa shape index (κ1) is 19.4. The van der Waals surface area contributed by atoms with Crippen molar-refractivity contribution < 1.29 is 19.1 Å². The third kappa shape index (κ3) is 5.58. The lowest BCUT2D eigenvalue weighted by atomic mass is 9.92. The van der Waals surface area contributed by atoms with E-state index in [-0.39, 0.29) is 24.0 Å². The second-order valence-electron chi connectivity index (χ2n) is 8.80. The van der Waals surface area contributed by atoms with Gasteiger partial charge in [0.2, 0.25) is 5.91 Å². The zero-order chi connectivity index (χ0) is 18.7. The highest BCUT2D eigenvalue weighted by atomic mass is 16.6. The van der Waals surface area contributed by atoms with E-state index in [9.17, 15) is 9.59 Å². The second-order valence-corrected chi connectivity index (χ2v) is 8.80. The van der Waals surface area contributed by atoms with Gasteiger partial charge in [0.05, 0.1) is 19.1 Å². The van der Waals surface area contributed by atoms with Crippen molar-refractivity contribution in [1.82, 2.24) is 15.1 Å². The maximum atomic E-state index is 13.0. The van der Waals surface area contributed by atoms with Crippen molar-refractivity contribution in [2.75, 3.05) is 45.9 Å². The van der Waals surface area contributed by atoms with Crippen molar-refractivity contribution in [3.05, 3.63) is 0 Å². The number of nitrogens with zero attached hydrogens (tertiary/aromatic N) is 2. The molecule has 1 saturated carbocycles. The number of piperidine rings is 1. The normalized spacial score (nSPS) is 27.3. The molecule has 0 aromatic heterocycles. The van der Waals surface area contributed by atoms with Gasteiger partial charge in [-0.15, -0.1) is 0 Å². The first-order chi connectivity index (χ1) is 12.3. The van der Waals surface area contributed by atoms with E-state index in [1.54, 1.807) is 4.90 Å². The third-order valence-corrected chi connectivity index (χ3v) is 5.17. The first-order valence-corrected chi connectivity index (χ1v) is 9.89. The van der Waals surface area contributed by atoms with E-state index in [0.29, 0.717) is 39.4 Å². The predicted octanol–water partition coefficient (Wildman–Crippen LogP) is 1.47. The van der Waals surface area contributed by atoms with E-state index >= 15 is 0 Å². The molecule has 2 heterocycles. The molecule has 7 heteroatoms. The lowest BCUT2D eigenvalue weighted by Crippen LogP contribution is -2.56. The molecule has 3 aliphatic rings. The molecule has 2 atom stereocenters. The molecule has 26 heavy (non-hydrogen) atoms. The number of carbonyl (C=O) groups is 2. The summed E-state index contributed by atoms with van der Waals surface area (Å²) in [6.45, 7) is 10.1. The third-order valence-electron chi connectivity index (χ3n) is 5.17. The standard InChI is InChI=1S/C19H33N3O4/c1-19(2,3)26-18(24)22-12-15(17(23)21-6-8-25-9-7-21)10-16(13-22)20-11-14-4-5-14/h14-16,20H,4-13H2,1-3H3/t15-,16+/m1/s1. The Morgan fingerprint density at radius 2 is 1.81 bits per heavy atom. The summed E-state index contributed by atoms with van der Waals surface area (Å²) in [5, 5.41) is 3.57. The van der Waals surface area contributed by atoms with Crippen LogP contribution in [0.15, 0.2) is 0 Å². The molecule has 148 valence electrons. The van der Waals surface area contributed by atoms with Crippen molar-refractivity contribution in [3.63, 3.8) is 0 Å². The van der Waals surface area contributed by atoms with Crippen LogP contribution in [0.5, 0.6) is 0 Å². The fourth-order valence-corrected chi connectivity index (χ4v) is 3.60. The summed E-state index contributed by atoms with van der Waals surface area (Å²) in [5.41, 5.74) is -0.533. The number of likely N-dealkylation sites (tertiary alicyclic amines) is 1. The first-order valence-electron chi connectivity index (χ1n) is 9.89. The second kappa shape index (κ2) is 8.13. The minimum atomic E-state index is -0.533. The monoisotopic (exact) mass is 367 g/mol. The van der Waals surface area contributed by atoms with Crippen molar-refractivity contribution in [2.24, 2.45) is 11.8 Å². The van der Waals surface area contributed by atoms with E-state index < -0.39 is 5.60 Å². The number of morpholine rings is 1. The lowest BCUT2D eigenvalue weighted by molar-refractivity contribution is -0.141. The fourth-order valence-electron chi connectivity index (χ4n) is 3.60. The Kier molecular flexibility index (Phi) is 6.07. The highest BCUT2D eigenvalue weighted by Crippen LogP contribution is 2.29. The molecule has 0 unspecified atom stereocenters. The number of ether oxygens (including phenoxy) is 2. The summed E-state index contributed by atoms with van der Waals surface area (Å²) in [5.74, 6) is 0.728. The number of rotatable bonds is 4. The molecule has 3 fully saturated rings. The molecule has 1 aliphatic carbocycles. The molecule has 7 nitrogen and oxygen atoms in total. The van der Waals surface area contributed by atoms with Crippen LogP contribution < -0.4 is 5.32 Å². The van der Waals surface area contributed by atoms with E-state index in [4.69, 9.17) is 9.47 Å². The van der Waals surface area contributed by atoms with Crippen LogP contribution in [0.4, 0.5) is 4.79 Å². The molecule has 2 amide bonds. The van der Waals surface area contributed by atoms with Crippen LogP contribution in [0, 0.1) is 11.8 Å². The van der Waals surface area contributed by atoms with Gasteiger partial charge in [-0.1, -0.05) is 0 Å². The highest BCUT2D eigenvalue weighted by Gasteiger charge is 2.38.